The SMILES string of the molecule is OB(O)c1ccc(OCc2ncccn2)cc1. The summed E-state index contributed by atoms with van der Waals surface area (Å²) in [6.45, 7) is 0.280. The summed E-state index contributed by atoms with van der Waals surface area (Å²) in [5, 5.41) is 17.8. The first-order valence-corrected chi connectivity index (χ1v) is 5.10. The van der Waals surface area contributed by atoms with E-state index >= 15 is 0 Å². The third kappa shape index (κ3) is 3.27. The van der Waals surface area contributed by atoms with Crippen molar-refractivity contribution in [3.05, 3.63) is 48.5 Å². The summed E-state index contributed by atoms with van der Waals surface area (Å²) in [4.78, 5) is 8.05. The topological polar surface area (TPSA) is 75.5 Å². The third-order valence-electron chi connectivity index (χ3n) is 2.17. The molecule has 86 valence electrons. The highest BCUT2D eigenvalue weighted by Gasteiger charge is 2.09. The molecule has 1 aromatic carbocycles. The minimum atomic E-state index is -1.46. The molecule has 0 aliphatic carbocycles. The molecule has 0 unspecified atom stereocenters. The molecule has 0 radical (unpaired) electrons. The number of rotatable bonds is 4. The van der Waals surface area contributed by atoms with Gasteiger partial charge >= 0.3 is 7.12 Å². The van der Waals surface area contributed by atoms with Crippen molar-refractivity contribution in [3.8, 4) is 5.75 Å². The summed E-state index contributed by atoms with van der Waals surface area (Å²) in [7, 11) is -1.46. The number of aromatic nitrogens is 2. The van der Waals surface area contributed by atoms with Gasteiger partial charge in [0.25, 0.3) is 0 Å². The molecule has 2 rings (SSSR count). The van der Waals surface area contributed by atoms with Crippen LogP contribution in [0.15, 0.2) is 42.7 Å². The van der Waals surface area contributed by atoms with Crippen molar-refractivity contribution in [2.24, 2.45) is 0 Å². The second-order valence-electron chi connectivity index (χ2n) is 3.40. The molecule has 0 bridgehead atoms. The number of benzene rings is 1. The van der Waals surface area contributed by atoms with Crippen molar-refractivity contribution in [3.63, 3.8) is 0 Å². The minimum absolute atomic E-state index is 0.280. The van der Waals surface area contributed by atoms with E-state index in [1.807, 2.05) is 0 Å². The number of nitrogens with zero attached hydrogens (tertiary/aromatic N) is 2. The van der Waals surface area contributed by atoms with Crippen LogP contribution in [0.1, 0.15) is 5.82 Å². The molecule has 6 heteroatoms. The average Bonchev–Trinajstić information content (AvgIpc) is 2.38. The van der Waals surface area contributed by atoms with Gasteiger partial charge in [-0.3, -0.25) is 0 Å². The molecule has 1 aromatic heterocycles. The maximum Gasteiger partial charge on any atom is 0.488 e. The van der Waals surface area contributed by atoms with E-state index in [1.54, 1.807) is 42.7 Å². The van der Waals surface area contributed by atoms with Gasteiger partial charge in [0.05, 0.1) is 0 Å². The second-order valence-corrected chi connectivity index (χ2v) is 3.40. The van der Waals surface area contributed by atoms with Gasteiger partial charge in [-0.05, 0) is 23.7 Å². The van der Waals surface area contributed by atoms with E-state index in [4.69, 9.17) is 14.8 Å². The summed E-state index contributed by atoms with van der Waals surface area (Å²) in [5.41, 5.74) is 0.424. The van der Waals surface area contributed by atoms with E-state index in [0.717, 1.165) is 0 Å². The first-order valence-electron chi connectivity index (χ1n) is 5.10. The molecule has 0 saturated carbocycles. The van der Waals surface area contributed by atoms with Crippen LogP contribution < -0.4 is 10.2 Å². The molecule has 0 atom stereocenters. The fourth-order valence-electron chi connectivity index (χ4n) is 1.29. The fourth-order valence-corrected chi connectivity index (χ4v) is 1.29. The lowest BCUT2D eigenvalue weighted by atomic mass is 9.80. The molecule has 0 aliphatic heterocycles. The minimum Gasteiger partial charge on any atom is -0.486 e. The summed E-state index contributed by atoms with van der Waals surface area (Å²) in [5.74, 6) is 1.22. The van der Waals surface area contributed by atoms with Crippen molar-refractivity contribution >= 4 is 12.6 Å². The van der Waals surface area contributed by atoms with Crippen LogP contribution in [0, 0.1) is 0 Å². The molecule has 5 nitrogen and oxygen atoms in total. The zero-order valence-corrected chi connectivity index (χ0v) is 9.02. The van der Waals surface area contributed by atoms with Crippen LogP contribution in [0.25, 0.3) is 0 Å². The standard InChI is InChI=1S/C11H11BN2O3/c15-12(16)9-2-4-10(5-3-9)17-8-11-13-6-1-7-14-11/h1-7,15-16H,8H2. The molecule has 1 heterocycles. The van der Waals surface area contributed by atoms with Crippen molar-refractivity contribution in [1.82, 2.24) is 9.97 Å². The Kier molecular flexibility index (Phi) is 3.69. The summed E-state index contributed by atoms with van der Waals surface area (Å²) in [6.07, 6.45) is 3.30. The lowest BCUT2D eigenvalue weighted by molar-refractivity contribution is 0.296. The van der Waals surface area contributed by atoms with Gasteiger partial charge in [0.1, 0.15) is 12.4 Å². The number of ether oxygens (including phenoxy) is 1. The summed E-state index contributed by atoms with van der Waals surface area (Å²) in [6, 6.07) is 8.24. The molecule has 2 N–H and O–H groups in total. The lowest BCUT2D eigenvalue weighted by Crippen LogP contribution is -2.29. The Morgan fingerprint density at radius 3 is 2.29 bits per heavy atom. The van der Waals surface area contributed by atoms with E-state index in [-0.39, 0.29) is 6.61 Å². The smallest absolute Gasteiger partial charge is 0.486 e. The second kappa shape index (κ2) is 5.42. The van der Waals surface area contributed by atoms with E-state index < -0.39 is 7.12 Å². The Morgan fingerprint density at radius 1 is 1.06 bits per heavy atom. The van der Waals surface area contributed by atoms with Crippen LogP contribution in [0.4, 0.5) is 0 Å². The van der Waals surface area contributed by atoms with Gasteiger partial charge in [-0.2, -0.15) is 0 Å². The van der Waals surface area contributed by atoms with Crippen LogP contribution in [0.2, 0.25) is 0 Å². The van der Waals surface area contributed by atoms with Crippen molar-refractivity contribution in [2.75, 3.05) is 0 Å². The molecule has 0 amide bonds. The quantitative estimate of drug-likeness (QED) is 0.707. The largest absolute Gasteiger partial charge is 0.488 e. The molecular formula is C11H11BN2O3. The molecule has 0 saturated heterocycles. The molecule has 17 heavy (non-hydrogen) atoms. The highest BCUT2D eigenvalue weighted by Crippen LogP contribution is 2.09. The Bertz CT molecular complexity index is 462. The van der Waals surface area contributed by atoms with Crippen LogP contribution in [0.3, 0.4) is 0 Å². The van der Waals surface area contributed by atoms with Crippen LogP contribution in [0.5, 0.6) is 5.75 Å². The zero-order valence-electron chi connectivity index (χ0n) is 9.02. The van der Waals surface area contributed by atoms with Gasteiger partial charge in [-0.15, -0.1) is 0 Å². The summed E-state index contributed by atoms with van der Waals surface area (Å²) < 4.78 is 5.44. The molecule has 0 aliphatic rings. The third-order valence-corrected chi connectivity index (χ3v) is 2.17. The zero-order chi connectivity index (χ0) is 12.1. The Hall–Kier alpha value is -1.92. The van der Waals surface area contributed by atoms with E-state index in [9.17, 15) is 0 Å². The van der Waals surface area contributed by atoms with Gasteiger partial charge in [-0.25, -0.2) is 9.97 Å². The van der Waals surface area contributed by atoms with Gasteiger partial charge in [0.2, 0.25) is 0 Å². The van der Waals surface area contributed by atoms with E-state index in [1.165, 1.54) is 0 Å². The fraction of sp³-hybridized carbons (Fsp3) is 0.0909. The van der Waals surface area contributed by atoms with Crippen molar-refractivity contribution < 1.29 is 14.8 Å². The van der Waals surface area contributed by atoms with Crippen LogP contribution >= 0.6 is 0 Å². The van der Waals surface area contributed by atoms with Crippen LogP contribution in [-0.4, -0.2) is 27.1 Å². The molecular weight excluding hydrogens is 219 g/mol. The number of hydrogen-bond donors (Lipinski definition) is 2. The van der Waals surface area contributed by atoms with Gasteiger partial charge in [0.15, 0.2) is 5.82 Å². The molecule has 0 spiro atoms. The predicted molar refractivity (Wildman–Crippen MR) is 62.6 cm³/mol. The summed E-state index contributed by atoms with van der Waals surface area (Å²) >= 11 is 0. The van der Waals surface area contributed by atoms with Gasteiger partial charge < -0.3 is 14.8 Å². The highest BCUT2D eigenvalue weighted by molar-refractivity contribution is 6.58. The van der Waals surface area contributed by atoms with Crippen molar-refractivity contribution in [2.45, 2.75) is 6.61 Å². The monoisotopic (exact) mass is 230 g/mol. The predicted octanol–water partition coefficient (Wildman–Crippen LogP) is -0.265. The Morgan fingerprint density at radius 2 is 1.71 bits per heavy atom. The van der Waals surface area contributed by atoms with Crippen molar-refractivity contribution in [1.29, 1.82) is 0 Å². The highest BCUT2D eigenvalue weighted by atomic mass is 16.5. The maximum absolute atomic E-state index is 8.92. The van der Waals surface area contributed by atoms with E-state index in [0.29, 0.717) is 17.0 Å². The maximum atomic E-state index is 8.92. The van der Waals surface area contributed by atoms with Crippen LogP contribution in [-0.2, 0) is 6.61 Å². The Balaban J connectivity index is 1.96. The van der Waals surface area contributed by atoms with Gasteiger partial charge in [-0.1, -0.05) is 12.1 Å². The lowest BCUT2D eigenvalue weighted by Gasteiger charge is -2.05. The first kappa shape index (κ1) is 11.6. The molecule has 0 fully saturated rings. The van der Waals surface area contributed by atoms with Gasteiger partial charge in [0, 0.05) is 12.4 Å². The number of hydrogen-bond acceptors (Lipinski definition) is 5. The first-order chi connectivity index (χ1) is 8.25. The Labute approximate surface area is 98.9 Å². The average molecular weight is 230 g/mol. The molecule has 2 aromatic rings. The normalized spacial score (nSPS) is 10.0. The van der Waals surface area contributed by atoms with E-state index in [2.05, 4.69) is 9.97 Å².